The number of nitrogens with zero attached hydrogens (tertiary/aromatic N) is 1. The number of carbonyl (C=O) groups excluding carboxylic acids is 1. The minimum Gasteiger partial charge on any atom is -0.488 e. The summed E-state index contributed by atoms with van der Waals surface area (Å²) in [6.45, 7) is 4.21. The molecule has 0 bridgehead atoms. The molecule has 4 heterocycles. The van der Waals surface area contributed by atoms with Crippen LogP contribution < -0.4 is 15.4 Å². The molecule has 2 aliphatic heterocycles. The number of ether oxygens (including phenoxy) is 1. The maximum Gasteiger partial charge on any atom is 0.490 e. The normalized spacial score (nSPS) is 21.3. The summed E-state index contributed by atoms with van der Waals surface area (Å²) in [5.74, 6) is -2.41. The fourth-order valence-corrected chi connectivity index (χ4v) is 6.04. The number of aliphatic hydroxyl groups excluding tert-OH is 1. The second-order valence-corrected chi connectivity index (χ2v) is 11.0. The quantitative estimate of drug-likeness (QED) is 0.352. The van der Waals surface area contributed by atoms with E-state index in [9.17, 15) is 23.1 Å². The molecule has 2 unspecified atom stereocenters. The standard InChI is InChI=1S/C24H26ClN3O3S.C2HF3O2/c1-13-7-14(25)8-18(22(13)31-15-3-2-5-26-11-15)17-4-6-27-20-10-16(32-23(17)20)9-19-21(29)12-28-24(19)30;3-2(4,5)1(6)7/h4,6-8,10,15,19,21,26,29H,2-3,5,9,11-12H2,1H3,(H,28,30);(H,6,7)/t15-,19?,21?;/m0./s1. The minimum absolute atomic E-state index is 0.0922. The number of aliphatic hydroxyl groups is 1. The van der Waals surface area contributed by atoms with E-state index in [0.29, 0.717) is 18.0 Å². The Balaban J connectivity index is 0.000000448. The van der Waals surface area contributed by atoms with Crippen molar-refractivity contribution in [3.8, 4) is 16.9 Å². The van der Waals surface area contributed by atoms with E-state index >= 15 is 0 Å². The van der Waals surface area contributed by atoms with E-state index in [1.807, 2.05) is 31.2 Å². The Hall–Kier alpha value is -2.93. The summed E-state index contributed by atoms with van der Waals surface area (Å²) in [4.78, 5) is 26.6. The number of aryl methyl sites for hydroxylation is 1. The van der Waals surface area contributed by atoms with Crippen LogP contribution in [-0.2, 0) is 16.0 Å². The molecule has 3 aromatic rings. The first kappa shape index (κ1) is 29.1. The van der Waals surface area contributed by atoms with Gasteiger partial charge in [-0.05, 0) is 62.6 Å². The lowest BCUT2D eigenvalue weighted by Gasteiger charge is -2.26. The van der Waals surface area contributed by atoms with E-state index in [1.165, 1.54) is 0 Å². The Kier molecular flexibility index (Phi) is 9.00. The number of benzene rings is 1. The summed E-state index contributed by atoms with van der Waals surface area (Å²) >= 11 is 8.08. The summed E-state index contributed by atoms with van der Waals surface area (Å²) in [7, 11) is 0. The Morgan fingerprint density at radius 1 is 1.26 bits per heavy atom. The molecule has 210 valence electrons. The van der Waals surface area contributed by atoms with Gasteiger partial charge >= 0.3 is 12.1 Å². The number of rotatable bonds is 5. The topological polar surface area (TPSA) is 121 Å². The largest absolute Gasteiger partial charge is 0.490 e. The Labute approximate surface area is 231 Å². The molecule has 2 saturated heterocycles. The Bertz CT molecular complexity index is 1360. The number of piperidine rings is 1. The molecular formula is C26H27ClF3N3O5S. The van der Waals surface area contributed by atoms with Crippen LogP contribution in [0, 0.1) is 12.8 Å². The molecule has 1 amide bonds. The SMILES string of the molecule is Cc1cc(Cl)cc(-c2ccnc3cc(CC4C(=O)NCC4O)sc23)c1O[C@H]1CCCNC1.O=C(O)C(F)(F)F. The van der Waals surface area contributed by atoms with Crippen LogP contribution in [0.1, 0.15) is 23.3 Å². The van der Waals surface area contributed by atoms with Gasteiger partial charge in [0.15, 0.2) is 0 Å². The van der Waals surface area contributed by atoms with E-state index in [2.05, 4.69) is 15.6 Å². The predicted molar refractivity (Wildman–Crippen MR) is 141 cm³/mol. The molecule has 3 atom stereocenters. The van der Waals surface area contributed by atoms with Crippen LogP contribution >= 0.6 is 22.9 Å². The summed E-state index contributed by atoms with van der Waals surface area (Å²) < 4.78 is 39.3. The van der Waals surface area contributed by atoms with Crippen molar-refractivity contribution in [2.75, 3.05) is 19.6 Å². The third-order valence-electron chi connectivity index (χ3n) is 6.48. The highest BCUT2D eigenvalue weighted by Crippen LogP contribution is 2.42. The number of nitrogens with one attached hydrogen (secondary N) is 2. The van der Waals surface area contributed by atoms with Crippen LogP contribution in [0.25, 0.3) is 21.3 Å². The van der Waals surface area contributed by atoms with Crippen LogP contribution in [0.2, 0.25) is 5.02 Å². The number of halogens is 4. The van der Waals surface area contributed by atoms with Gasteiger partial charge in [0.05, 0.1) is 22.2 Å². The lowest BCUT2D eigenvalue weighted by atomic mass is 10.00. The third kappa shape index (κ3) is 6.99. The average molecular weight is 586 g/mol. The van der Waals surface area contributed by atoms with Gasteiger partial charge in [-0.1, -0.05) is 11.6 Å². The first-order chi connectivity index (χ1) is 18.4. The number of alkyl halides is 3. The van der Waals surface area contributed by atoms with Crippen molar-refractivity contribution in [1.29, 1.82) is 0 Å². The van der Waals surface area contributed by atoms with E-state index in [4.69, 9.17) is 26.2 Å². The molecule has 2 fully saturated rings. The van der Waals surface area contributed by atoms with Gasteiger partial charge in [0.25, 0.3) is 0 Å². The maximum atomic E-state index is 12.1. The zero-order valence-electron chi connectivity index (χ0n) is 20.8. The maximum absolute atomic E-state index is 12.1. The average Bonchev–Trinajstić information content (AvgIpc) is 3.44. The Morgan fingerprint density at radius 3 is 2.62 bits per heavy atom. The van der Waals surface area contributed by atoms with Gasteiger partial charge in [-0.25, -0.2) is 4.79 Å². The van der Waals surface area contributed by atoms with Gasteiger partial charge in [-0.3, -0.25) is 9.78 Å². The van der Waals surface area contributed by atoms with Crippen LogP contribution in [0.15, 0.2) is 30.5 Å². The summed E-state index contributed by atoms with van der Waals surface area (Å²) in [6.07, 6.45) is -1.19. The fraction of sp³-hybridized carbons (Fsp3) is 0.423. The highest BCUT2D eigenvalue weighted by atomic mass is 35.5. The molecule has 0 radical (unpaired) electrons. The van der Waals surface area contributed by atoms with Gasteiger partial charge in [-0.15, -0.1) is 11.3 Å². The molecule has 2 aliphatic rings. The van der Waals surface area contributed by atoms with Crippen molar-refractivity contribution in [3.05, 3.63) is 45.9 Å². The van der Waals surface area contributed by atoms with Gasteiger partial charge in [-0.2, -0.15) is 13.2 Å². The molecule has 5 rings (SSSR count). The molecule has 13 heteroatoms. The monoisotopic (exact) mass is 585 g/mol. The molecule has 0 saturated carbocycles. The van der Waals surface area contributed by atoms with Crippen molar-refractivity contribution >= 4 is 45.0 Å². The van der Waals surface area contributed by atoms with Crippen LogP contribution in [0.4, 0.5) is 13.2 Å². The molecule has 1 aromatic carbocycles. The van der Waals surface area contributed by atoms with Crippen molar-refractivity contribution in [2.45, 2.75) is 44.6 Å². The third-order valence-corrected chi connectivity index (χ3v) is 7.88. The number of β-amino-alcohol motifs (C(OH)–C–C–N with tert-alkyl or cyclic N) is 1. The van der Waals surface area contributed by atoms with Gasteiger partial charge in [0.2, 0.25) is 5.91 Å². The molecular weight excluding hydrogens is 559 g/mol. The van der Waals surface area contributed by atoms with Crippen LogP contribution in [0.5, 0.6) is 5.75 Å². The van der Waals surface area contributed by atoms with E-state index in [0.717, 1.165) is 63.5 Å². The Morgan fingerprint density at radius 2 is 2.00 bits per heavy atom. The number of aromatic nitrogens is 1. The number of carbonyl (C=O) groups is 2. The van der Waals surface area contributed by atoms with E-state index in [1.54, 1.807) is 17.5 Å². The molecule has 2 aromatic heterocycles. The number of hydrogen-bond acceptors (Lipinski definition) is 7. The summed E-state index contributed by atoms with van der Waals surface area (Å²) in [5.41, 5.74) is 3.86. The molecule has 4 N–H and O–H groups in total. The fourth-order valence-electron chi connectivity index (χ4n) is 4.57. The minimum atomic E-state index is -5.08. The number of amides is 1. The number of thiophene rings is 1. The first-order valence-corrected chi connectivity index (χ1v) is 13.4. The first-order valence-electron chi connectivity index (χ1n) is 12.2. The number of aliphatic carboxylic acids is 1. The van der Waals surface area contributed by atoms with E-state index < -0.39 is 24.2 Å². The van der Waals surface area contributed by atoms with Crippen LogP contribution in [-0.4, -0.2) is 65.1 Å². The van der Waals surface area contributed by atoms with Crippen molar-refractivity contribution in [2.24, 2.45) is 5.92 Å². The number of pyridine rings is 1. The summed E-state index contributed by atoms with van der Waals surface area (Å²) in [6, 6.07) is 7.92. The number of fused-ring (bicyclic) bond motifs is 1. The number of hydrogen-bond donors (Lipinski definition) is 4. The van der Waals surface area contributed by atoms with Gasteiger partial charge in [0, 0.05) is 40.3 Å². The second-order valence-electron chi connectivity index (χ2n) is 9.40. The molecule has 39 heavy (non-hydrogen) atoms. The second kappa shape index (κ2) is 12.1. The van der Waals surface area contributed by atoms with Crippen molar-refractivity contribution in [1.82, 2.24) is 15.6 Å². The highest BCUT2D eigenvalue weighted by Gasteiger charge is 2.38. The smallest absolute Gasteiger partial charge is 0.488 e. The zero-order chi connectivity index (χ0) is 28.3. The highest BCUT2D eigenvalue weighted by molar-refractivity contribution is 7.19. The van der Waals surface area contributed by atoms with Crippen molar-refractivity contribution in [3.63, 3.8) is 0 Å². The van der Waals surface area contributed by atoms with Crippen LogP contribution in [0.3, 0.4) is 0 Å². The number of carboxylic acids is 1. The molecule has 8 nitrogen and oxygen atoms in total. The lowest BCUT2D eigenvalue weighted by molar-refractivity contribution is -0.192. The number of carboxylic acid groups (broad SMARTS) is 1. The molecule has 0 spiro atoms. The lowest BCUT2D eigenvalue weighted by Crippen LogP contribution is -2.37. The van der Waals surface area contributed by atoms with Gasteiger partial charge < -0.3 is 25.6 Å². The zero-order valence-corrected chi connectivity index (χ0v) is 22.4. The van der Waals surface area contributed by atoms with E-state index in [-0.39, 0.29) is 12.0 Å². The van der Waals surface area contributed by atoms with Gasteiger partial charge in [0.1, 0.15) is 11.9 Å². The summed E-state index contributed by atoms with van der Waals surface area (Å²) in [5, 5.41) is 24.1. The predicted octanol–water partition coefficient (Wildman–Crippen LogP) is 4.34. The molecule has 0 aliphatic carbocycles. The van der Waals surface area contributed by atoms with Crippen molar-refractivity contribution < 1.29 is 37.7 Å².